The summed E-state index contributed by atoms with van der Waals surface area (Å²) in [6.45, 7) is 1.12. The zero-order valence-electron chi connectivity index (χ0n) is 12.1. The molecule has 5 nitrogen and oxygen atoms in total. The molecule has 22 heavy (non-hydrogen) atoms. The molecule has 112 valence electrons. The minimum atomic E-state index is -0.285. The van der Waals surface area contributed by atoms with Crippen LogP contribution in [0.1, 0.15) is 21.8 Å². The molecule has 3 atom stereocenters. The summed E-state index contributed by atoms with van der Waals surface area (Å²) in [5.74, 6) is 1.15. The lowest BCUT2D eigenvalue weighted by molar-refractivity contribution is 0.0222. The zero-order chi connectivity index (χ0) is 14.8. The van der Waals surface area contributed by atoms with E-state index in [0.717, 1.165) is 12.1 Å². The maximum absolute atomic E-state index is 12.3. The van der Waals surface area contributed by atoms with E-state index in [9.17, 15) is 4.79 Å². The van der Waals surface area contributed by atoms with E-state index < -0.39 is 0 Å². The second kappa shape index (κ2) is 4.14. The highest BCUT2D eigenvalue weighted by Gasteiger charge is 2.45. The van der Waals surface area contributed by atoms with E-state index in [4.69, 9.17) is 14.2 Å². The summed E-state index contributed by atoms with van der Waals surface area (Å²) in [6.07, 6.45) is 6.10. The fourth-order valence-electron chi connectivity index (χ4n) is 3.95. The number of ether oxygens (including phenoxy) is 3. The highest BCUT2D eigenvalue weighted by atomic mass is 16.7. The molecule has 5 heteroatoms. The van der Waals surface area contributed by atoms with Crippen molar-refractivity contribution in [1.82, 2.24) is 4.90 Å². The van der Waals surface area contributed by atoms with Gasteiger partial charge in [-0.05, 0) is 36.4 Å². The normalized spacial score (nSPS) is 31.2. The number of carbonyl (C=O) groups excluding carboxylic acids is 1. The van der Waals surface area contributed by atoms with Crippen molar-refractivity contribution < 1.29 is 19.0 Å². The van der Waals surface area contributed by atoms with Gasteiger partial charge < -0.3 is 14.2 Å². The Bertz CT molecular complexity index is 751. The Balaban J connectivity index is 1.71. The van der Waals surface area contributed by atoms with Gasteiger partial charge in [0, 0.05) is 18.5 Å². The Labute approximate surface area is 127 Å². The van der Waals surface area contributed by atoms with Gasteiger partial charge in [-0.25, -0.2) is 4.79 Å². The Kier molecular flexibility index (Phi) is 2.31. The Morgan fingerprint density at radius 2 is 2.05 bits per heavy atom. The number of hydrogen-bond acceptors (Lipinski definition) is 5. The molecule has 0 saturated heterocycles. The molecule has 1 aromatic carbocycles. The van der Waals surface area contributed by atoms with Crippen molar-refractivity contribution >= 4 is 5.97 Å². The Hall–Kier alpha value is -2.27. The van der Waals surface area contributed by atoms with Gasteiger partial charge >= 0.3 is 5.97 Å². The van der Waals surface area contributed by atoms with Crippen molar-refractivity contribution in [3.63, 3.8) is 0 Å². The minimum absolute atomic E-state index is 0.103. The zero-order valence-corrected chi connectivity index (χ0v) is 12.1. The third kappa shape index (κ3) is 1.49. The van der Waals surface area contributed by atoms with Gasteiger partial charge in [-0.3, -0.25) is 4.90 Å². The summed E-state index contributed by atoms with van der Waals surface area (Å²) in [5.41, 5.74) is 2.89. The number of esters is 1. The first kappa shape index (κ1) is 12.3. The molecule has 5 rings (SSSR count). The summed E-state index contributed by atoms with van der Waals surface area (Å²) < 4.78 is 16.5. The van der Waals surface area contributed by atoms with Crippen LogP contribution in [-0.2, 0) is 4.74 Å². The first-order chi connectivity index (χ1) is 10.7. The SMILES string of the molecule is CN1CC=C2C=C[C@H]3OC(=O)c4cc5c(cc4[C@H]3[C@@H]21)OCO5. The molecule has 1 aliphatic carbocycles. The second-order valence-corrected chi connectivity index (χ2v) is 6.14. The molecule has 0 spiro atoms. The molecule has 0 fully saturated rings. The number of likely N-dealkylation sites (N-methyl/N-ethyl adjacent to an activating group) is 1. The molecule has 0 bridgehead atoms. The minimum Gasteiger partial charge on any atom is -0.454 e. The molecule has 0 aromatic heterocycles. The predicted octanol–water partition coefficient (Wildman–Crippen LogP) is 1.85. The standard InChI is InChI=1S/C17H15NO4/c1-18-5-4-9-2-3-12-15(16(9)18)10-6-13-14(21-8-20-13)7-11(10)17(19)22-12/h2-4,6-7,12,15-16H,5,8H2,1H3/t12-,15-,16-/m1/s1. The van der Waals surface area contributed by atoms with E-state index in [1.54, 1.807) is 6.07 Å². The number of benzene rings is 1. The average molecular weight is 297 g/mol. The van der Waals surface area contributed by atoms with Crippen LogP contribution in [0, 0.1) is 0 Å². The van der Waals surface area contributed by atoms with Crippen LogP contribution in [0.2, 0.25) is 0 Å². The van der Waals surface area contributed by atoms with Crippen molar-refractivity contribution in [3.05, 3.63) is 47.1 Å². The van der Waals surface area contributed by atoms with Crippen molar-refractivity contribution in [3.8, 4) is 11.5 Å². The third-order valence-electron chi connectivity index (χ3n) is 4.97. The van der Waals surface area contributed by atoms with Crippen LogP contribution in [0.5, 0.6) is 11.5 Å². The van der Waals surface area contributed by atoms with E-state index >= 15 is 0 Å². The van der Waals surface area contributed by atoms with Crippen molar-refractivity contribution in [2.45, 2.75) is 18.1 Å². The number of carbonyl (C=O) groups is 1. The van der Waals surface area contributed by atoms with Crippen molar-refractivity contribution in [2.24, 2.45) is 0 Å². The highest BCUT2D eigenvalue weighted by Crippen LogP contribution is 2.47. The maximum atomic E-state index is 12.3. The summed E-state index contributed by atoms with van der Waals surface area (Å²) in [4.78, 5) is 14.6. The molecule has 0 saturated carbocycles. The molecule has 0 unspecified atom stereocenters. The first-order valence-electron chi connectivity index (χ1n) is 7.45. The monoisotopic (exact) mass is 297 g/mol. The number of nitrogens with zero attached hydrogens (tertiary/aromatic N) is 1. The quantitative estimate of drug-likeness (QED) is 0.684. The fraction of sp³-hybridized carbons (Fsp3) is 0.353. The van der Waals surface area contributed by atoms with Crippen LogP contribution in [-0.4, -0.2) is 43.4 Å². The summed E-state index contributed by atoms with van der Waals surface area (Å²) in [5, 5.41) is 0. The largest absolute Gasteiger partial charge is 0.454 e. The lowest BCUT2D eigenvalue weighted by Gasteiger charge is -2.41. The van der Waals surface area contributed by atoms with Crippen molar-refractivity contribution in [2.75, 3.05) is 20.4 Å². The maximum Gasteiger partial charge on any atom is 0.339 e. The number of rotatable bonds is 0. The molecular weight excluding hydrogens is 282 g/mol. The van der Waals surface area contributed by atoms with Gasteiger partial charge in [0.25, 0.3) is 0 Å². The summed E-state index contributed by atoms with van der Waals surface area (Å²) >= 11 is 0. The molecule has 3 heterocycles. The second-order valence-electron chi connectivity index (χ2n) is 6.14. The number of hydrogen-bond donors (Lipinski definition) is 0. The summed E-state index contributed by atoms with van der Waals surface area (Å²) in [6, 6.07) is 3.95. The van der Waals surface area contributed by atoms with E-state index in [1.165, 1.54) is 5.57 Å². The van der Waals surface area contributed by atoms with Gasteiger partial charge in [0.05, 0.1) is 5.56 Å². The molecule has 3 aliphatic heterocycles. The Morgan fingerprint density at radius 3 is 2.91 bits per heavy atom. The summed E-state index contributed by atoms with van der Waals surface area (Å²) in [7, 11) is 2.10. The van der Waals surface area contributed by atoms with Gasteiger partial charge in [-0.1, -0.05) is 12.2 Å². The topological polar surface area (TPSA) is 48.0 Å². The van der Waals surface area contributed by atoms with E-state index in [2.05, 4.69) is 24.1 Å². The lowest BCUT2D eigenvalue weighted by atomic mass is 9.76. The first-order valence-corrected chi connectivity index (χ1v) is 7.45. The molecular formula is C17H15NO4. The van der Waals surface area contributed by atoms with E-state index in [0.29, 0.717) is 17.1 Å². The van der Waals surface area contributed by atoms with Crippen molar-refractivity contribution in [1.29, 1.82) is 0 Å². The molecule has 4 aliphatic rings. The van der Waals surface area contributed by atoms with Gasteiger partial charge in [0.1, 0.15) is 6.10 Å². The molecule has 0 amide bonds. The van der Waals surface area contributed by atoms with Crippen LogP contribution in [0.25, 0.3) is 0 Å². The van der Waals surface area contributed by atoms with Crippen LogP contribution in [0.4, 0.5) is 0 Å². The molecule has 1 aromatic rings. The predicted molar refractivity (Wildman–Crippen MR) is 78.2 cm³/mol. The van der Waals surface area contributed by atoms with E-state index in [1.807, 2.05) is 12.1 Å². The van der Waals surface area contributed by atoms with Crippen LogP contribution in [0.15, 0.2) is 35.9 Å². The molecule has 0 N–H and O–H groups in total. The highest BCUT2D eigenvalue weighted by molar-refractivity contribution is 5.94. The van der Waals surface area contributed by atoms with Gasteiger partial charge in [0.15, 0.2) is 11.5 Å². The number of fused-ring (bicyclic) bond motifs is 6. The van der Waals surface area contributed by atoms with Gasteiger partial charge in [-0.15, -0.1) is 0 Å². The molecule has 0 radical (unpaired) electrons. The smallest absolute Gasteiger partial charge is 0.339 e. The van der Waals surface area contributed by atoms with E-state index in [-0.39, 0.29) is 30.8 Å². The van der Waals surface area contributed by atoms with Gasteiger partial charge in [-0.2, -0.15) is 0 Å². The fourth-order valence-corrected chi connectivity index (χ4v) is 3.95. The van der Waals surface area contributed by atoms with Crippen LogP contribution in [0.3, 0.4) is 0 Å². The average Bonchev–Trinajstić information content (AvgIpc) is 3.12. The third-order valence-corrected chi connectivity index (χ3v) is 4.97. The Morgan fingerprint density at radius 1 is 1.23 bits per heavy atom. The van der Waals surface area contributed by atoms with Crippen LogP contribution < -0.4 is 9.47 Å². The lowest BCUT2D eigenvalue weighted by Crippen LogP contribution is -2.45. The van der Waals surface area contributed by atoms with Gasteiger partial charge in [0.2, 0.25) is 6.79 Å². The van der Waals surface area contributed by atoms with Crippen LogP contribution >= 0.6 is 0 Å².